The number of hydrogen-bond donors (Lipinski definition) is 1. The second kappa shape index (κ2) is 8.71. The Morgan fingerprint density at radius 1 is 1.30 bits per heavy atom. The summed E-state index contributed by atoms with van der Waals surface area (Å²) < 4.78 is 6.72. The van der Waals surface area contributed by atoms with E-state index in [1.54, 1.807) is 24.1 Å². The Morgan fingerprint density at radius 3 is 2.40 bits per heavy atom. The molecule has 0 aliphatic heterocycles. The van der Waals surface area contributed by atoms with Crippen LogP contribution in [-0.2, 0) is 4.74 Å². The standard InChI is InChI=1S/C13H16Br2N2O2S/c1-19-5-4-17(3-2-12(16)20)13(18)9-6-10(14)8-11(15)7-9/h6-8H,2-5H2,1H3,(H2,16,20). The Bertz CT molecular complexity index is 477. The predicted molar refractivity (Wildman–Crippen MR) is 91.0 cm³/mol. The number of ether oxygens (including phenoxy) is 1. The molecule has 0 aliphatic carbocycles. The van der Waals surface area contributed by atoms with E-state index in [1.807, 2.05) is 6.07 Å². The summed E-state index contributed by atoms with van der Waals surface area (Å²) in [6, 6.07) is 5.45. The molecule has 1 aromatic rings. The van der Waals surface area contributed by atoms with Gasteiger partial charge in [-0.25, -0.2) is 0 Å². The van der Waals surface area contributed by atoms with Crippen LogP contribution in [-0.4, -0.2) is 42.6 Å². The molecule has 0 saturated heterocycles. The molecule has 0 heterocycles. The van der Waals surface area contributed by atoms with Gasteiger partial charge >= 0.3 is 0 Å². The molecule has 1 aromatic carbocycles. The number of thiocarbonyl (C=S) groups is 1. The first-order chi connectivity index (χ1) is 9.43. The minimum absolute atomic E-state index is 0.0692. The highest BCUT2D eigenvalue weighted by Gasteiger charge is 2.16. The van der Waals surface area contributed by atoms with Crippen molar-refractivity contribution in [2.75, 3.05) is 26.8 Å². The summed E-state index contributed by atoms with van der Waals surface area (Å²) in [7, 11) is 1.60. The zero-order valence-corrected chi connectivity index (χ0v) is 15.1. The maximum Gasteiger partial charge on any atom is 0.254 e. The van der Waals surface area contributed by atoms with Crippen LogP contribution in [0.25, 0.3) is 0 Å². The fourth-order valence-electron chi connectivity index (χ4n) is 1.62. The summed E-state index contributed by atoms with van der Waals surface area (Å²) in [5.41, 5.74) is 6.11. The molecule has 4 nitrogen and oxygen atoms in total. The Kier molecular flexibility index (Phi) is 7.65. The number of halogens is 2. The molecule has 0 aliphatic rings. The molecule has 0 aromatic heterocycles. The van der Waals surface area contributed by atoms with Crippen molar-refractivity contribution >= 4 is 55.0 Å². The zero-order chi connectivity index (χ0) is 15.1. The second-order valence-corrected chi connectivity index (χ2v) is 6.52. The average molecular weight is 424 g/mol. The van der Waals surface area contributed by atoms with Gasteiger partial charge in [-0.3, -0.25) is 4.79 Å². The van der Waals surface area contributed by atoms with Crippen molar-refractivity contribution in [2.24, 2.45) is 5.73 Å². The first kappa shape index (κ1) is 17.6. The van der Waals surface area contributed by atoms with Gasteiger partial charge in [0.05, 0.1) is 11.6 Å². The molecule has 0 spiro atoms. The lowest BCUT2D eigenvalue weighted by Gasteiger charge is -2.22. The minimum atomic E-state index is -0.0692. The van der Waals surface area contributed by atoms with E-state index < -0.39 is 0 Å². The summed E-state index contributed by atoms with van der Waals surface area (Å²) in [5.74, 6) is -0.0692. The average Bonchev–Trinajstić information content (AvgIpc) is 2.36. The highest BCUT2D eigenvalue weighted by atomic mass is 79.9. The van der Waals surface area contributed by atoms with Crippen molar-refractivity contribution < 1.29 is 9.53 Å². The molecule has 1 amide bonds. The van der Waals surface area contributed by atoms with E-state index >= 15 is 0 Å². The van der Waals surface area contributed by atoms with Gasteiger partial charge in [0.2, 0.25) is 0 Å². The molecule has 0 radical (unpaired) electrons. The number of benzene rings is 1. The third-order valence-electron chi connectivity index (χ3n) is 2.59. The summed E-state index contributed by atoms with van der Waals surface area (Å²) in [4.78, 5) is 14.6. The van der Waals surface area contributed by atoms with E-state index in [1.165, 1.54) is 0 Å². The van der Waals surface area contributed by atoms with Crippen molar-refractivity contribution in [3.8, 4) is 0 Å². The van der Waals surface area contributed by atoms with E-state index in [0.29, 0.717) is 36.7 Å². The fraction of sp³-hybridized carbons (Fsp3) is 0.385. The lowest BCUT2D eigenvalue weighted by molar-refractivity contribution is 0.0701. The van der Waals surface area contributed by atoms with Crippen molar-refractivity contribution in [3.05, 3.63) is 32.7 Å². The normalized spacial score (nSPS) is 10.3. The Labute approximate surface area is 140 Å². The van der Waals surface area contributed by atoms with Crippen LogP contribution in [0.5, 0.6) is 0 Å². The van der Waals surface area contributed by atoms with E-state index in [0.717, 1.165) is 8.95 Å². The fourth-order valence-corrected chi connectivity index (χ4v) is 3.01. The quantitative estimate of drug-likeness (QED) is 0.685. The largest absolute Gasteiger partial charge is 0.393 e. The minimum Gasteiger partial charge on any atom is -0.393 e. The second-order valence-electron chi connectivity index (χ2n) is 4.16. The molecule has 110 valence electrons. The molecule has 7 heteroatoms. The smallest absolute Gasteiger partial charge is 0.254 e. The summed E-state index contributed by atoms with van der Waals surface area (Å²) in [6.07, 6.45) is 0.500. The van der Waals surface area contributed by atoms with Crippen LogP contribution in [0.1, 0.15) is 16.8 Å². The molecule has 0 bridgehead atoms. The van der Waals surface area contributed by atoms with Gasteiger partial charge in [-0.15, -0.1) is 0 Å². The summed E-state index contributed by atoms with van der Waals surface area (Å²) >= 11 is 11.6. The first-order valence-corrected chi connectivity index (χ1v) is 7.96. The Balaban J connectivity index is 2.87. The van der Waals surface area contributed by atoms with Gasteiger partial charge in [-0.2, -0.15) is 0 Å². The van der Waals surface area contributed by atoms with Gasteiger partial charge < -0.3 is 15.4 Å². The van der Waals surface area contributed by atoms with E-state index in [4.69, 9.17) is 22.7 Å². The van der Waals surface area contributed by atoms with Gasteiger partial charge in [0.1, 0.15) is 0 Å². The molecule has 2 N–H and O–H groups in total. The molecule has 0 fully saturated rings. The van der Waals surface area contributed by atoms with Crippen molar-refractivity contribution in [1.82, 2.24) is 4.90 Å². The summed E-state index contributed by atoms with van der Waals surface area (Å²) in [5, 5.41) is 0. The SMILES string of the molecule is COCCN(CCC(N)=S)C(=O)c1cc(Br)cc(Br)c1. The number of amides is 1. The maximum absolute atomic E-state index is 12.5. The van der Waals surface area contributed by atoms with E-state index in [9.17, 15) is 4.79 Å². The van der Waals surface area contributed by atoms with Gasteiger partial charge in [0, 0.05) is 41.1 Å². The predicted octanol–water partition coefficient (Wildman–Crippen LogP) is 2.98. The number of nitrogens with two attached hydrogens (primary N) is 1. The molecule has 1 rings (SSSR count). The number of carbonyl (C=O) groups excluding carboxylic acids is 1. The number of rotatable bonds is 7. The maximum atomic E-state index is 12.5. The van der Waals surface area contributed by atoms with Crippen LogP contribution in [0.2, 0.25) is 0 Å². The van der Waals surface area contributed by atoms with Gasteiger partial charge in [-0.05, 0) is 18.2 Å². The molecular weight excluding hydrogens is 408 g/mol. The van der Waals surface area contributed by atoms with Gasteiger partial charge in [-0.1, -0.05) is 44.1 Å². The topological polar surface area (TPSA) is 55.6 Å². The number of hydrogen-bond acceptors (Lipinski definition) is 3. The Morgan fingerprint density at radius 2 is 1.90 bits per heavy atom. The molecule has 20 heavy (non-hydrogen) atoms. The van der Waals surface area contributed by atoms with Crippen molar-refractivity contribution in [2.45, 2.75) is 6.42 Å². The molecule has 0 saturated carbocycles. The molecular formula is C13H16Br2N2O2S. The van der Waals surface area contributed by atoms with Crippen molar-refractivity contribution in [3.63, 3.8) is 0 Å². The van der Waals surface area contributed by atoms with Gasteiger partial charge in [0.15, 0.2) is 0 Å². The third kappa shape index (κ3) is 5.87. The summed E-state index contributed by atoms with van der Waals surface area (Å²) in [6.45, 7) is 1.46. The highest BCUT2D eigenvalue weighted by molar-refractivity contribution is 9.11. The van der Waals surface area contributed by atoms with Crippen LogP contribution in [0.15, 0.2) is 27.1 Å². The third-order valence-corrected chi connectivity index (χ3v) is 3.71. The monoisotopic (exact) mass is 422 g/mol. The van der Waals surface area contributed by atoms with Crippen LogP contribution >= 0.6 is 44.1 Å². The number of carbonyl (C=O) groups is 1. The van der Waals surface area contributed by atoms with Crippen LogP contribution < -0.4 is 5.73 Å². The lowest BCUT2D eigenvalue weighted by atomic mass is 10.2. The Hall–Kier alpha value is -0.500. The van der Waals surface area contributed by atoms with E-state index in [-0.39, 0.29) is 5.91 Å². The number of methoxy groups -OCH3 is 1. The van der Waals surface area contributed by atoms with Crippen molar-refractivity contribution in [1.29, 1.82) is 0 Å². The molecule has 0 unspecified atom stereocenters. The van der Waals surface area contributed by atoms with Crippen LogP contribution in [0.4, 0.5) is 0 Å². The lowest BCUT2D eigenvalue weighted by Crippen LogP contribution is -2.36. The highest BCUT2D eigenvalue weighted by Crippen LogP contribution is 2.21. The zero-order valence-electron chi connectivity index (χ0n) is 11.1. The number of nitrogens with zero attached hydrogens (tertiary/aromatic N) is 1. The first-order valence-electron chi connectivity index (χ1n) is 5.96. The molecule has 0 atom stereocenters. The van der Waals surface area contributed by atoms with E-state index in [2.05, 4.69) is 31.9 Å². The van der Waals surface area contributed by atoms with Crippen LogP contribution in [0.3, 0.4) is 0 Å². The van der Waals surface area contributed by atoms with Gasteiger partial charge in [0.25, 0.3) is 5.91 Å². The van der Waals surface area contributed by atoms with Crippen LogP contribution in [0, 0.1) is 0 Å².